The van der Waals surface area contributed by atoms with Gasteiger partial charge in [-0.3, -0.25) is 4.79 Å². The Labute approximate surface area is 113 Å². The van der Waals surface area contributed by atoms with Crippen LogP contribution >= 0.6 is 0 Å². The lowest BCUT2D eigenvalue weighted by molar-refractivity contribution is 0.0929. The van der Waals surface area contributed by atoms with Crippen molar-refractivity contribution in [3.05, 3.63) is 35.0 Å². The van der Waals surface area contributed by atoms with Crippen LogP contribution in [0.1, 0.15) is 40.7 Å². The highest BCUT2D eigenvalue weighted by Crippen LogP contribution is 2.25. The average molecular weight is 256 g/mol. The number of benzene rings is 1. The molecule has 0 bridgehead atoms. The fraction of sp³-hybridized carbons (Fsp3) is 0.438. The van der Waals surface area contributed by atoms with Crippen molar-refractivity contribution in [2.75, 3.05) is 6.54 Å². The highest BCUT2D eigenvalue weighted by atomic mass is 16.1. The first-order valence-electron chi connectivity index (χ1n) is 7.03. The summed E-state index contributed by atoms with van der Waals surface area (Å²) < 4.78 is 0. The van der Waals surface area contributed by atoms with E-state index in [2.05, 4.69) is 36.3 Å². The van der Waals surface area contributed by atoms with E-state index in [4.69, 9.17) is 0 Å². The molecule has 0 spiro atoms. The van der Waals surface area contributed by atoms with Crippen molar-refractivity contribution in [3.8, 4) is 0 Å². The van der Waals surface area contributed by atoms with Gasteiger partial charge in [0.25, 0.3) is 0 Å². The number of carbonyl (C=O) groups excluding carboxylic acids is 1. The molecule has 1 aromatic heterocycles. The molecule has 3 heteroatoms. The van der Waals surface area contributed by atoms with Crippen molar-refractivity contribution in [3.63, 3.8) is 0 Å². The van der Waals surface area contributed by atoms with Gasteiger partial charge in [0.15, 0.2) is 5.78 Å². The predicted molar refractivity (Wildman–Crippen MR) is 77.7 cm³/mol. The smallest absolute Gasteiger partial charge is 0.181 e. The molecule has 1 unspecified atom stereocenters. The lowest BCUT2D eigenvalue weighted by atomic mass is 9.95. The number of aromatic nitrogens is 1. The van der Waals surface area contributed by atoms with Gasteiger partial charge >= 0.3 is 0 Å². The summed E-state index contributed by atoms with van der Waals surface area (Å²) >= 11 is 0. The van der Waals surface area contributed by atoms with Crippen LogP contribution in [0.3, 0.4) is 0 Å². The largest absolute Gasteiger partial charge is 0.360 e. The predicted octanol–water partition coefficient (Wildman–Crippen LogP) is 3.11. The number of piperidine rings is 1. The Morgan fingerprint density at radius 1 is 1.26 bits per heavy atom. The van der Waals surface area contributed by atoms with Crippen molar-refractivity contribution >= 4 is 16.7 Å². The molecule has 0 saturated carbocycles. The van der Waals surface area contributed by atoms with E-state index in [1.165, 1.54) is 17.5 Å². The zero-order valence-corrected chi connectivity index (χ0v) is 11.5. The maximum Gasteiger partial charge on any atom is 0.181 e. The second-order valence-electron chi connectivity index (χ2n) is 5.57. The zero-order valence-electron chi connectivity index (χ0n) is 11.5. The van der Waals surface area contributed by atoms with E-state index in [0.717, 1.165) is 35.9 Å². The molecule has 1 aliphatic rings. The Morgan fingerprint density at radius 2 is 2.11 bits per heavy atom. The summed E-state index contributed by atoms with van der Waals surface area (Å²) in [4.78, 5) is 15.9. The standard InChI is InChI=1S/C16H20N2O/c1-10-7-11(2)15-12(8-10)13(9-18-15)16(19)14-5-3-4-6-17-14/h7-9,14,17-18H,3-6H2,1-2H3. The van der Waals surface area contributed by atoms with Crippen LogP contribution in [0, 0.1) is 13.8 Å². The van der Waals surface area contributed by atoms with E-state index in [-0.39, 0.29) is 11.8 Å². The Hall–Kier alpha value is -1.61. The lowest BCUT2D eigenvalue weighted by Crippen LogP contribution is -2.40. The molecular formula is C16H20N2O. The molecule has 1 fully saturated rings. The van der Waals surface area contributed by atoms with Crippen molar-refractivity contribution in [2.24, 2.45) is 0 Å². The van der Waals surface area contributed by atoms with Crippen LogP contribution in [0.4, 0.5) is 0 Å². The van der Waals surface area contributed by atoms with Crippen LogP contribution in [-0.4, -0.2) is 23.4 Å². The average Bonchev–Trinajstić information content (AvgIpc) is 2.83. The van der Waals surface area contributed by atoms with E-state index in [9.17, 15) is 4.79 Å². The van der Waals surface area contributed by atoms with E-state index in [0.29, 0.717) is 0 Å². The third-order valence-electron chi connectivity index (χ3n) is 4.02. The van der Waals surface area contributed by atoms with Crippen LogP contribution in [-0.2, 0) is 0 Å². The van der Waals surface area contributed by atoms with Gasteiger partial charge in [-0.15, -0.1) is 0 Å². The van der Waals surface area contributed by atoms with Crippen molar-refractivity contribution in [2.45, 2.75) is 39.2 Å². The second kappa shape index (κ2) is 4.82. The molecule has 19 heavy (non-hydrogen) atoms. The summed E-state index contributed by atoms with van der Waals surface area (Å²) in [5.74, 6) is 0.232. The molecule has 0 amide bonds. The van der Waals surface area contributed by atoms with Gasteiger partial charge in [-0.05, 0) is 44.9 Å². The molecule has 3 rings (SSSR count). The Morgan fingerprint density at radius 3 is 2.84 bits per heavy atom. The van der Waals surface area contributed by atoms with Crippen LogP contribution in [0.5, 0.6) is 0 Å². The van der Waals surface area contributed by atoms with Crippen LogP contribution in [0.15, 0.2) is 18.3 Å². The van der Waals surface area contributed by atoms with E-state index < -0.39 is 0 Å². The van der Waals surface area contributed by atoms with Gasteiger partial charge in [0, 0.05) is 22.7 Å². The highest BCUT2D eigenvalue weighted by molar-refractivity contribution is 6.11. The van der Waals surface area contributed by atoms with Crippen molar-refractivity contribution in [1.82, 2.24) is 10.3 Å². The van der Waals surface area contributed by atoms with Gasteiger partial charge in [-0.25, -0.2) is 0 Å². The molecule has 1 aliphatic heterocycles. The maximum absolute atomic E-state index is 12.6. The minimum Gasteiger partial charge on any atom is -0.360 e. The van der Waals surface area contributed by atoms with Gasteiger partial charge in [0.1, 0.15) is 0 Å². The minimum absolute atomic E-state index is 0.00596. The summed E-state index contributed by atoms with van der Waals surface area (Å²) in [5, 5.41) is 4.40. The SMILES string of the molecule is Cc1cc(C)c2[nH]cc(C(=O)C3CCCCN3)c2c1. The molecule has 1 saturated heterocycles. The third kappa shape index (κ3) is 2.19. The van der Waals surface area contributed by atoms with Crippen molar-refractivity contribution < 1.29 is 4.79 Å². The molecule has 100 valence electrons. The summed E-state index contributed by atoms with van der Waals surface area (Å²) in [7, 11) is 0. The second-order valence-corrected chi connectivity index (χ2v) is 5.57. The number of fused-ring (bicyclic) bond motifs is 1. The van der Waals surface area contributed by atoms with Crippen LogP contribution < -0.4 is 5.32 Å². The number of aromatic amines is 1. The number of H-pyrrole nitrogens is 1. The molecule has 2 heterocycles. The Balaban J connectivity index is 2.02. The number of ketones is 1. The summed E-state index contributed by atoms with van der Waals surface area (Å²) in [6, 6.07) is 4.24. The van der Waals surface area contributed by atoms with Gasteiger partial charge in [-0.1, -0.05) is 18.1 Å². The Bertz CT molecular complexity index is 621. The minimum atomic E-state index is -0.00596. The van der Waals surface area contributed by atoms with Crippen LogP contribution in [0.2, 0.25) is 0 Å². The quantitative estimate of drug-likeness (QED) is 0.811. The number of rotatable bonds is 2. The monoisotopic (exact) mass is 256 g/mol. The van der Waals surface area contributed by atoms with E-state index in [1.54, 1.807) is 0 Å². The van der Waals surface area contributed by atoms with Gasteiger partial charge in [0.05, 0.1) is 6.04 Å². The fourth-order valence-corrected chi connectivity index (χ4v) is 3.06. The van der Waals surface area contributed by atoms with Gasteiger partial charge in [-0.2, -0.15) is 0 Å². The topological polar surface area (TPSA) is 44.9 Å². The van der Waals surface area contributed by atoms with Crippen LogP contribution in [0.25, 0.3) is 10.9 Å². The third-order valence-corrected chi connectivity index (χ3v) is 4.02. The number of nitrogens with one attached hydrogen (secondary N) is 2. The number of Topliss-reactive ketones (excluding diaryl/α,β-unsaturated/α-hetero) is 1. The first-order valence-corrected chi connectivity index (χ1v) is 7.03. The maximum atomic E-state index is 12.6. The molecule has 0 aliphatic carbocycles. The van der Waals surface area contributed by atoms with Gasteiger partial charge < -0.3 is 10.3 Å². The first kappa shape index (κ1) is 12.4. The summed E-state index contributed by atoms with van der Waals surface area (Å²) in [6.45, 7) is 5.11. The summed E-state index contributed by atoms with van der Waals surface area (Å²) in [6.07, 6.45) is 5.14. The van der Waals surface area contributed by atoms with E-state index in [1.807, 2.05) is 6.20 Å². The normalized spacial score (nSPS) is 19.8. The zero-order chi connectivity index (χ0) is 13.4. The van der Waals surface area contributed by atoms with Crippen molar-refractivity contribution in [1.29, 1.82) is 0 Å². The number of hydrogen-bond acceptors (Lipinski definition) is 2. The summed E-state index contributed by atoms with van der Waals surface area (Å²) in [5.41, 5.74) is 4.33. The molecule has 3 nitrogen and oxygen atoms in total. The van der Waals surface area contributed by atoms with E-state index >= 15 is 0 Å². The lowest BCUT2D eigenvalue weighted by Gasteiger charge is -2.21. The highest BCUT2D eigenvalue weighted by Gasteiger charge is 2.24. The first-order chi connectivity index (χ1) is 9.16. The Kier molecular flexibility index (Phi) is 3.15. The molecule has 1 atom stereocenters. The molecule has 1 aromatic carbocycles. The molecule has 2 aromatic rings. The molecule has 2 N–H and O–H groups in total. The number of carbonyl (C=O) groups is 1. The fourth-order valence-electron chi connectivity index (χ4n) is 3.06. The number of hydrogen-bond donors (Lipinski definition) is 2. The molecular weight excluding hydrogens is 236 g/mol. The molecule has 0 radical (unpaired) electrons. The number of aryl methyl sites for hydroxylation is 2. The van der Waals surface area contributed by atoms with Gasteiger partial charge in [0.2, 0.25) is 0 Å².